The van der Waals surface area contributed by atoms with Gasteiger partial charge in [0, 0.05) is 22.2 Å². The number of hydrogen-bond acceptors (Lipinski definition) is 3. The zero-order valence-electron chi connectivity index (χ0n) is 8.20. The molecule has 5 heteroatoms. The number of benzene rings is 1. The van der Waals surface area contributed by atoms with Gasteiger partial charge in [0.1, 0.15) is 11.3 Å². The Kier molecular flexibility index (Phi) is 4.19. The van der Waals surface area contributed by atoms with Crippen LogP contribution in [-0.4, -0.2) is 26.7 Å². The molecule has 0 amide bonds. The highest BCUT2D eigenvalue weighted by molar-refractivity contribution is 14.1. The van der Waals surface area contributed by atoms with Crippen molar-refractivity contribution in [3.8, 4) is 5.75 Å². The molecule has 1 atom stereocenters. The van der Waals surface area contributed by atoms with Crippen molar-refractivity contribution in [1.82, 2.24) is 0 Å². The van der Waals surface area contributed by atoms with E-state index in [4.69, 9.17) is 5.11 Å². The molecule has 0 radical (unpaired) electrons. The van der Waals surface area contributed by atoms with E-state index in [9.17, 15) is 9.90 Å². The van der Waals surface area contributed by atoms with Gasteiger partial charge in [-0.1, -0.05) is 29.5 Å². The quantitative estimate of drug-likeness (QED) is 0.588. The van der Waals surface area contributed by atoms with E-state index >= 15 is 0 Å². The minimum atomic E-state index is -1.12. The molecule has 0 aliphatic rings. The van der Waals surface area contributed by atoms with E-state index in [2.05, 4.69) is 34.8 Å². The zero-order chi connectivity index (χ0) is 11.4. The number of alkyl halides is 1. The molecule has 3 N–H and O–H groups in total. The molecule has 0 fully saturated rings. The van der Waals surface area contributed by atoms with Gasteiger partial charge in [-0.05, 0) is 12.1 Å². The number of phenols is 1. The van der Waals surface area contributed by atoms with Crippen molar-refractivity contribution < 1.29 is 15.0 Å². The van der Waals surface area contributed by atoms with Gasteiger partial charge in [0.25, 0.3) is 0 Å². The predicted molar refractivity (Wildman–Crippen MR) is 67.0 cm³/mol. The predicted octanol–water partition coefficient (Wildman–Crippen LogP) is 2.33. The first-order valence-corrected chi connectivity index (χ1v) is 5.69. The fraction of sp³-hybridized carbons (Fsp3) is 0.300. The van der Waals surface area contributed by atoms with Crippen molar-refractivity contribution in [2.45, 2.75) is 10.8 Å². The van der Waals surface area contributed by atoms with Crippen LogP contribution in [-0.2, 0) is 0 Å². The van der Waals surface area contributed by atoms with Crippen LogP contribution in [0.3, 0.4) is 0 Å². The smallest absolute Gasteiger partial charge is 0.339 e. The fourth-order valence-corrected chi connectivity index (χ4v) is 1.30. The Hall–Kier alpha value is -0.980. The molecule has 0 heterocycles. The molecule has 1 aromatic carbocycles. The summed E-state index contributed by atoms with van der Waals surface area (Å²) in [7, 11) is 0. The van der Waals surface area contributed by atoms with E-state index in [0.29, 0.717) is 3.92 Å². The summed E-state index contributed by atoms with van der Waals surface area (Å²) in [5.74, 6) is -1.34. The minimum Gasteiger partial charge on any atom is -0.507 e. The molecule has 0 aliphatic carbocycles. The van der Waals surface area contributed by atoms with Crippen LogP contribution < -0.4 is 5.32 Å². The maximum atomic E-state index is 10.6. The molecule has 0 aromatic heterocycles. The number of aromatic carboxylic acids is 1. The molecule has 0 saturated carbocycles. The molecule has 15 heavy (non-hydrogen) atoms. The fourth-order valence-electron chi connectivity index (χ4n) is 1.08. The SMILES string of the molecule is C[C@@H](I)CNc1ccc(C(=O)O)c(O)c1. The number of nitrogens with one attached hydrogen (secondary N) is 1. The van der Waals surface area contributed by atoms with E-state index in [1.807, 2.05) is 0 Å². The molecular formula is C10H12INO3. The van der Waals surface area contributed by atoms with Crippen molar-refractivity contribution in [2.24, 2.45) is 0 Å². The highest BCUT2D eigenvalue weighted by Crippen LogP contribution is 2.22. The first-order valence-electron chi connectivity index (χ1n) is 4.45. The van der Waals surface area contributed by atoms with Gasteiger partial charge in [-0.3, -0.25) is 0 Å². The standard InChI is InChI=1S/C10H12INO3/c1-6(11)5-12-7-2-3-8(10(14)15)9(13)4-7/h2-4,6,12-13H,5H2,1H3,(H,14,15)/t6-/m1/s1. The summed E-state index contributed by atoms with van der Waals surface area (Å²) in [6, 6.07) is 4.45. The van der Waals surface area contributed by atoms with Crippen LogP contribution in [0, 0.1) is 0 Å². The van der Waals surface area contributed by atoms with E-state index < -0.39 is 5.97 Å². The van der Waals surface area contributed by atoms with Crippen LogP contribution in [0.25, 0.3) is 0 Å². The number of halogens is 1. The monoisotopic (exact) mass is 321 g/mol. The number of rotatable bonds is 4. The Balaban J connectivity index is 2.78. The summed E-state index contributed by atoms with van der Waals surface area (Å²) in [5.41, 5.74) is 0.643. The number of carbonyl (C=O) groups is 1. The summed E-state index contributed by atoms with van der Waals surface area (Å²) in [6.07, 6.45) is 0. The number of carboxylic acids is 1. The van der Waals surface area contributed by atoms with Crippen LogP contribution in [0.15, 0.2) is 18.2 Å². The summed E-state index contributed by atoms with van der Waals surface area (Å²) in [6.45, 7) is 2.82. The molecule has 4 nitrogen and oxygen atoms in total. The number of anilines is 1. The average Bonchev–Trinajstić information content (AvgIpc) is 2.14. The van der Waals surface area contributed by atoms with Gasteiger partial charge in [-0.15, -0.1) is 0 Å². The third-order valence-corrected chi connectivity index (χ3v) is 2.26. The van der Waals surface area contributed by atoms with Gasteiger partial charge in [0.05, 0.1) is 0 Å². The molecule has 0 saturated heterocycles. The Morgan fingerprint density at radius 3 is 2.73 bits per heavy atom. The zero-order valence-corrected chi connectivity index (χ0v) is 10.4. The van der Waals surface area contributed by atoms with Gasteiger partial charge in [0.15, 0.2) is 0 Å². The molecule has 0 spiro atoms. The largest absolute Gasteiger partial charge is 0.507 e. The van der Waals surface area contributed by atoms with Gasteiger partial charge in [0.2, 0.25) is 0 Å². The minimum absolute atomic E-state index is 0.0805. The van der Waals surface area contributed by atoms with Crippen LogP contribution >= 0.6 is 22.6 Å². The summed E-state index contributed by atoms with van der Waals surface area (Å²) in [4.78, 5) is 10.6. The van der Waals surface area contributed by atoms with Crippen LogP contribution in [0.5, 0.6) is 5.75 Å². The lowest BCUT2D eigenvalue weighted by Gasteiger charge is -2.09. The van der Waals surface area contributed by atoms with E-state index in [1.165, 1.54) is 12.1 Å². The molecular weight excluding hydrogens is 309 g/mol. The first-order chi connectivity index (χ1) is 7.00. The molecule has 82 valence electrons. The lowest BCUT2D eigenvalue weighted by molar-refractivity contribution is 0.0694. The van der Waals surface area contributed by atoms with E-state index in [-0.39, 0.29) is 11.3 Å². The lowest BCUT2D eigenvalue weighted by atomic mass is 10.2. The molecule has 0 aliphatic heterocycles. The first kappa shape index (κ1) is 12.1. The van der Waals surface area contributed by atoms with E-state index in [0.717, 1.165) is 12.2 Å². The molecule has 0 bridgehead atoms. The Bertz CT molecular complexity index is 366. The second-order valence-electron chi connectivity index (χ2n) is 3.20. The van der Waals surface area contributed by atoms with Gasteiger partial charge >= 0.3 is 5.97 Å². The second kappa shape index (κ2) is 5.20. The highest BCUT2D eigenvalue weighted by atomic mass is 127. The average molecular weight is 321 g/mol. The van der Waals surface area contributed by atoms with Gasteiger partial charge in [-0.25, -0.2) is 4.79 Å². The van der Waals surface area contributed by atoms with Gasteiger partial charge in [-0.2, -0.15) is 0 Å². The number of carboxylic acid groups (broad SMARTS) is 1. The third-order valence-electron chi connectivity index (χ3n) is 1.82. The summed E-state index contributed by atoms with van der Waals surface area (Å²) >= 11 is 2.28. The molecule has 1 rings (SSSR count). The topological polar surface area (TPSA) is 69.6 Å². The van der Waals surface area contributed by atoms with E-state index in [1.54, 1.807) is 6.07 Å². The summed E-state index contributed by atoms with van der Waals surface area (Å²) in [5, 5.41) is 21.2. The maximum Gasteiger partial charge on any atom is 0.339 e. The molecule has 1 aromatic rings. The Morgan fingerprint density at radius 1 is 1.60 bits per heavy atom. The van der Waals surface area contributed by atoms with Crippen molar-refractivity contribution in [3.63, 3.8) is 0 Å². The molecule has 0 unspecified atom stereocenters. The van der Waals surface area contributed by atoms with Crippen molar-refractivity contribution in [2.75, 3.05) is 11.9 Å². The third kappa shape index (κ3) is 3.58. The lowest BCUT2D eigenvalue weighted by Crippen LogP contribution is -2.10. The summed E-state index contributed by atoms with van der Waals surface area (Å²) < 4.78 is 0.462. The van der Waals surface area contributed by atoms with Crippen molar-refractivity contribution in [3.05, 3.63) is 23.8 Å². The number of hydrogen-bond donors (Lipinski definition) is 3. The number of aromatic hydroxyl groups is 1. The van der Waals surface area contributed by atoms with Crippen LogP contribution in [0.4, 0.5) is 5.69 Å². The van der Waals surface area contributed by atoms with Crippen LogP contribution in [0.1, 0.15) is 17.3 Å². The maximum absolute atomic E-state index is 10.6. The Morgan fingerprint density at radius 2 is 2.27 bits per heavy atom. The normalized spacial score (nSPS) is 12.1. The van der Waals surface area contributed by atoms with Crippen LogP contribution in [0.2, 0.25) is 0 Å². The van der Waals surface area contributed by atoms with Crippen molar-refractivity contribution in [1.29, 1.82) is 0 Å². The van der Waals surface area contributed by atoms with Gasteiger partial charge < -0.3 is 15.5 Å². The Labute approximate surface area is 101 Å². The highest BCUT2D eigenvalue weighted by Gasteiger charge is 2.09. The van der Waals surface area contributed by atoms with Crippen molar-refractivity contribution >= 4 is 34.2 Å². The second-order valence-corrected chi connectivity index (χ2v) is 5.33.